The summed E-state index contributed by atoms with van der Waals surface area (Å²) in [5.74, 6) is 7.18. The van der Waals surface area contributed by atoms with Gasteiger partial charge >= 0.3 is 0 Å². The van der Waals surface area contributed by atoms with Gasteiger partial charge in [-0.2, -0.15) is 0 Å². The van der Waals surface area contributed by atoms with E-state index < -0.39 is 17.1 Å². The van der Waals surface area contributed by atoms with E-state index in [-0.39, 0.29) is 0 Å². The lowest BCUT2D eigenvalue weighted by molar-refractivity contribution is -0.111. The molecule has 0 aliphatic carbocycles. The number of imidazole rings is 1. The number of ether oxygens (including phenoxy) is 3. The van der Waals surface area contributed by atoms with E-state index in [1.54, 1.807) is 32.5 Å². The Hall–Kier alpha value is -4.34. The molecule has 2 aromatic carbocycles. The van der Waals surface area contributed by atoms with E-state index in [0.29, 0.717) is 85.6 Å². The average Bonchev–Trinajstić information content (AvgIpc) is 3.59. The molecule has 1 atom stereocenters. The van der Waals surface area contributed by atoms with E-state index in [1.165, 1.54) is 14.2 Å². The molecular formula is C35H35Cl2N5O5S. The summed E-state index contributed by atoms with van der Waals surface area (Å²) in [4.78, 5) is 24.2. The molecule has 0 bridgehead atoms. The number of hydrogen-bond donors (Lipinski definition) is 1. The lowest BCUT2D eigenvalue weighted by Crippen LogP contribution is -2.30. The van der Waals surface area contributed by atoms with Crippen LogP contribution in [0.1, 0.15) is 20.8 Å². The molecule has 3 aromatic heterocycles. The fourth-order valence-corrected chi connectivity index (χ4v) is 6.93. The second-order valence-electron chi connectivity index (χ2n) is 10.5. The predicted octanol–water partition coefficient (Wildman–Crippen LogP) is 7.11. The number of amides is 1. The maximum atomic E-state index is 12.7. The topological polar surface area (TPSA) is 113 Å². The molecular weight excluding hydrogens is 673 g/mol. The van der Waals surface area contributed by atoms with Crippen LogP contribution in [0.15, 0.2) is 48.9 Å². The van der Waals surface area contributed by atoms with Crippen LogP contribution in [-0.2, 0) is 16.0 Å². The first-order valence-electron chi connectivity index (χ1n) is 15.1. The Balaban J connectivity index is 1.69. The number of hydrogen-bond acceptors (Lipinski definition) is 8. The van der Waals surface area contributed by atoms with E-state index in [1.807, 2.05) is 48.7 Å². The summed E-state index contributed by atoms with van der Waals surface area (Å²) in [6.45, 7) is 6.66. The average molecular weight is 709 g/mol. The van der Waals surface area contributed by atoms with Crippen LogP contribution in [0.25, 0.3) is 38.9 Å². The third kappa shape index (κ3) is 6.80. The minimum absolute atomic E-state index is 0.325. The second kappa shape index (κ2) is 15.3. The first kappa shape index (κ1) is 35.0. The zero-order valence-electron chi connectivity index (χ0n) is 27.4. The van der Waals surface area contributed by atoms with Crippen molar-refractivity contribution in [3.63, 3.8) is 0 Å². The van der Waals surface area contributed by atoms with Crippen molar-refractivity contribution in [3.05, 3.63) is 59.0 Å². The Morgan fingerprint density at radius 2 is 1.71 bits per heavy atom. The van der Waals surface area contributed by atoms with Gasteiger partial charge in [0.25, 0.3) is 5.91 Å². The highest BCUT2D eigenvalue weighted by Gasteiger charge is 2.24. The van der Waals surface area contributed by atoms with Gasteiger partial charge in [-0.1, -0.05) is 40.3 Å². The molecule has 48 heavy (non-hydrogen) atoms. The fourth-order valence-electron chi connectivity index (χ4n) is 5.52. The van der Waals surface area contributed by atoms with Crippen LogP contribution in [-0.4, -0.2) is 70.8 Å². The van der Waals surface area contributed by atoms with Crippen molar-refractivity contribution in [2.24, 2.45) is 0 Å². The summed E-state index contributed by atoms with van der Waals surface area (Å²) in [7, 11) is 4.64. The maximum Gasteiger partial charge on any atom is 0.300 e. The van der Waals surface area contributed by atoms with Crippen LogP contribution in [0.5, 0.6) is 17.2 Å². The van der Waals surface area contributed by atoms with Gasteiger partial charge in [0.2, 0.25) is 0 Å². The largest absolute Gasteiger partial charge is 0.616 e. The number of carbonyl (C=O) groups excluding carboxylic acids is 1. The zero-order valence-corrected chi connectivity index (χ0v) is 29.8. The van der Waals surface area contributed by atoms with E-state index in [4.69, 9.17) is 42.4 Å². The summed E-state index contributed by atoms with van der Waals surface area (Å²) >= 11 is 12.7. The smallest absolute Gasteiger partial charge is 0.300 e. The van der Waals surface area contributed by atoms with Crippen LogP contribution >= 0.6 is 23.2 Å². The molecule has 5 aromatic rings. The quantitative estimate of drug-likeness (QED) is 0.108. The Kier molecular flexibility index (Phi) is 11.1. The van der Waals surface area contributed by atoms with Crippen LogP contribution in [0.2, 0.25) is 10.0 Å². The Morgan fingerprint density at radius 1 is 1.00 bits per heavy atom. The molecule has 250 valence electrons. The number of benzene rings is 2. The number of methoxy groups -OCH3 is 3. The highest BCUT2D eigenvalue weighted by Crippen LogP contribution is 2.48. The Morgan fingerprint density at radius 3 is 2.33 bits per heavy atom. The number of nitrogens with zero attached hydrogens (tertiary/aromatic N) is 4. The van der Waals surface area contributed by atoms with Gasteiger partial charge in [-0.05, 0) is 44.9 Å². The number of carbonyl (C=O) groups is 1. The van der Waals surface area contributed by atoms with Gasteiger partial charge in [0, 0.05) is 59.3 Å². The molecule has 0 spiro atoms. The molecule has 0 fully saturated rings. The monoisotopic (exact) mass is 707 g/mol. The van der Waals surface area contributed by atoms with Gasteiger partial charge in [-0.25, -0.2) is 4.98 Å². The van der Waals surface area contributed by atoms with Crippen LogP contribution in [0, 0.1) is 11.8 Å². The first-order chi connectivity index (χ1) is 23.2. The standard InChI is InChI=1S/C35H35Cl2N5O5S/c1-7-10-31(43)40-25-16-22(28(45-4)18-27(25)41(8-2)13-14-48(44)9-3)24-17-26-21(20-39-24)15-23(35-38-11-12-42(26)35)32-33(36)29(46-5)19-30(47-6)34(32)37/h11-12,15-20H,8-9,13-14H2,1-6H3,(H,40,43). The van der Waals surface area contributed by atoms with Crippen molar-refractivity contribution in [1.82, 2.24) is 14.4 Å². The summed E-state index contributed by atoms with van der Waals surface area (Å²) < 4.78 is 31.1. The minimum Gasteiger partial charge on any atom is -0.616 e. The molecule has 1 unspecified atom stereocenters. The van der Waals surface area contributed by atoms with Crippen molar-refractivity contribution < 1.29 is 23.6 Å². The van der Waals surface area contributed by atoms with Crippen molar-refractivity contribution >= 4 is 68.2 Å². The molecule has 3 heterocycles. The highest BCUT2D eigenvalue weighted by molar-refractivity contribution is 7.91. The number of aromatic nitrogens is 3. The second-order valence-corrected chi connectivity index (χ2v) is 13.1. The lowest BCUT2D eigenvalue weighted by Gasteiger charge is -2.27. The molecule has 0 aliphatic heterocycles. The van der Waals surface area contributed by atoms with Crippen molar-refractivity contribution in [1.29, 1.82) is 0 Å². The summed E-state index contributed by atoms with van der Waals surface area (Å²) in [5, 5.41) is 4.37. The van der Waals surface area contributed by atoms with Crippen LogP contribution in [0.3, 0.4) is 0 Å². The zero-order chi connectivity index (χ0) is 34.5. The third-order valence-electron chi connectivity index (χ3n) is 7.91. The van der Waals surface area contributed by atoms with E-state index >= 15 is 0 Å². The molecule has 0 saturated carbocycles. The van der Waals surface area contributed by atoms with Gasteiger partial charge in [0.1, 0.15) is 34.4 Å². The molecule has 1 N–H and O–H groups in total. The Bertz CT molecular complexity index is 2030. The van der Waals surface area contributed by atoms with Crippen molar-refractivity contribution in [3.8, 4) is 51.5 Å². The molecule has 13 heteroatoms. The molecule has 1 amide bonds. The lowest BCUT2D eigenvalue weighted by atomic mass is 10.0. The van der Waals surface area contributed by atoms with Crippen molar-refractivity contribution in [2.75, 3.05) is 56.1 Å². The number of rotatable bonds is 12. The first-order valence-corrected chi connectivity index (χ1v) is 17.4. The van der Waals surface area contributed by atoms with E-state index in [0.717, 1.165) is 16.6 Å². The number of halogens is 2. The number of anilines is 2. The SMILES string of the molecule is CC#CC(=O)Nc1cc(-c2cc3c(cn2)cc(-c2c(Cl)c(OC)cc(OC)c2Cl)c2nccn23)c(OC)cc1N(CC)CC[S+]([O-])CC. The summed E-state index contributed by atoms with van der Waals surface area (Å²) in [6.07, 6.45) is 5.29. The van der Waals surface area contributed by atoms with Crippen LogP contribution < -0.4 is 24.4 Å². The van der Waals surface area contributed by atoms with Gasteiger partial charge in [-0.3, -0.25) is 14.2 Å². The maximum absolute atomic E-state index is 12.7. The number of fused-ring (bicyclic) bond motifs is 3. The summed E-state index contributed by atoms with van der Waals surface area (Å²) in [6, 6.07) is 9.19. The van der Waals surface area contributed by atoms with E-state index in [2.05, 4.69) is 27.0 Å². The van der Waals surface area contributed by atoms with E-state index in [9.17, 15) is 9.35 Å². The molecule has 0 saturated heterocycles. The fraction of sp³-hybridized carbons (Fsp3) is 0.286. The molecule has 0 aliphatic rings. The molecule has 5 rings (SSSR count). The normalized spacial score (nSPS) is 11.6. The third-order valence-corrected chi connectivity index (χ3v) is 9.94. The van der Waals surface area contributed by atoms with Gasteiger partial charge in [0.05, 0.1) is 60.5 Å². The number of nitrogens with one attached hydrogen (secondary N) is 1. The van der Waals surface area contributed by atoms with Crippen molar-refractivity contribution in [2.45, 2.75) is 20.8 Å². The van der Waals surface area contributed by atoms with Crippen LogP contribution in [0.4, 0.5) is 11.4 Å². The Labute approximate surface area is 292 Å². The van der Waals surface area contributed by atoms with Gasteiger partial charge in [-0.15, -0.1) is 0 Å². The minimum atomic E-state index is -0.954. The summed E-state index contributed by atoms with van der Waals surface area (Å²) in [5.41, 5.74) is 5.11. The highest BCUT2D eigenvalue weighted by atomic mass is 35.5. The molecule has 0 radical (unpaired) electrons. The van der Waals surface area contributed by atoms with Gasteiger partial charge < -0.3 is 29.0 Å². The molecule has 10 nitrogen and oxygen atoms in total. The van der Waals surface area contributed by atoms with Gasteiger partial charge in [0.15, 0.2) is 0 Å². The number of pyridine rings is 2. The predicted molar refractivity (Wildman–Crippen MR) is 195 cm³/mol.